The molecule has 0 spiro atoms. The first kappa shape index (κ1) is 22.8. The third-order valence-corrected chi connectivity index (χ3v) is 8.92. The van der Waals surface area contributed by atoms with Gasteiger partial charge in [0.1, 0.15) is 0 Å². The number of benzene rings is 1. The van der Waals surface area contributed by atoms with Gasteiger partial charge < -0.3 is 10.6 Å². The summed E-state index contributed by atoms with van der Waals surface area (Å²) in [6.07, 6.45) is 1.43. The predicted octanol–water partition coefficient (Wildman–Crippen LogP) is 4.18. The highest BCUT2D eigenvalue weighted by atomic mass is 16.2. The van der Waals surface area contributed by atoms with Crippen molar-refractivity contribution in [2.45, 2.75) is 54.4 Å². The zero-order valence-electron chi connectivity index (χ0n) is 20.7. The van der Waals surface area contributed by atoms with E-state index in [2.05, 4.69) is 38.3 Å². The van der Waals surface area contributed by atoms with E-state index in [-0.39, 0.29) is 46.0 Å². The third kappa shape index (κ3) is 3.29. The highest BCUT2D eigenvalue weighted by Gasteiger charge is 2.64. The summed E-state index contributed by atoms with van der Waals surface area (Å²) in [7, 11) is 0. The van der Waals surface area contributed by atoms with Crippen LogP contribution in [-0.4, -0.2) is 23.4 Å². The third-order valence-electron chi connectivity index (χ3n) is 8.92. The Labute approximate surface area is 200 Å². The zero-order chi connectivity index (χ0) is 24.7. The van der Waals surface area contributed by atoms with Crippen molar-refractivity contribution in [2.24, 2.45) is 34.5 Å². The van der Waals surface area contributed by atoms with Crippen molar-refractivity contribution >= 4 is 23.4 Å². The van der Waals surface area contributed by atoms with Crippen molar-refractivity contribution in [3.05, 3.63) is 57.9 Å². The average molecular weight is 461 g/mol. The van der Waals surface area contributed by atoms with Crippen LogP contribution in [0.2, 0.25) is 0 Å². The Morgan fingerprint density at radius 3 is 1.29 bits per heavy atom. The molecule has 0 saturated heterocycles. The predicted molar refractivity (Wildman–Crippen MR) is 128 cm³/mol. The lowest BCUT2D eigenvalue weighted by Crippen LogP contribution is -2.27. The van der Waals surface area contributed by atoms with Crippen molar-refractivity contribution in [3.8, 4) is 0 Å². The number of fused-ring (bicyclic) bond motifs is 2. The molecule has 1 aromatic rings. The number of rotatable bonds is 6. The second kappa shape index (κ2) is 7.24. The second-order valence-electron chi connectivity index (χ2n) is 11.6. The van der Waals surface area contributed by atoms with E-state index in [9.17, 15) is 19.2 Å². The van der Waals surface area contributed by atoms with Crippen molar-refractivity contribution in [1.29, 1.82) is 0 Å². The fourth-order valence-corrected chi connectivity index (χ4v) is 6.72. The quantitative estimate of drug-likeness (QED) is 0.666. The van der Waals surface area contributed by atoms with Gasteiger partial charge >= 0.3 is 0 Å². The van der Waals surface area contributed by atoms with E-state index in [0.29, 0.717) is 35.8 Å². The van der Waals surface area contributed by atoms with Crippen molar-refractivity contribution in [2.75, 3.05) is 0 Å². The molecule has 6 heteroatoms. The van der Waals surface area contributed by atoms with Crippen LogP contribution < -0.4 is 10.6 Å². The monoisotopic (exact) mass is 460 g/mol. The highest BCUT2D eigenvalue weighted by molar-refractivity contribution is 6.02. The van der Waals surface area contributed by atoms with Crippen molar-refractivity contribution in [1.82, 2.24) is 10.6 Å². The molecule has 0 bridgehead atoms. The van der Waals surface area contributed by atoms with Gasteiger partial charge in [-0.25, -0.2) is 0 Å². The van der Waals surface area contributed by atoms with Crippen molar-refractivity contribution < 1.29 is 19.2 Å². The van der Waals surface area contributed by atoms with Gasteiger partial charge in [0.2, 0.25) is 0 Å². The molecule has 2 amide bonds. The number of carbonyl (C=O) groups is 4. The fourth-order valence-electron chi connectivity index (χ4n) is 6.72. The van der Waals surface area contributed by atoms with Gasteiger partial charge in [-0.05, 0) is 85.5 Å². The van der Waals surface area contributed by atoms with Gasteiger partial charge in [0, 0.05) is 33.7 Å². The lowest BCUT2D eigenvalue weighted by Gasteiger charge is -2.16. The van der Waals surface area contributed by atoms with E-state index in [0.717, 1.165) is 22.5 Å². The van der Waals surface area contributed by atoms with Crippen molar-refractivity contribution in [3.63, 3.8) is 0 Å². The Morgan fingerprint density at radius 2 is 1.00 bits per heavy atom. The Kier molecular flexibility index (Phi) is 4.84. The van der Waals surface area contributed by atoms with Gasteiger partial charge in [-0.3, -0.25) is 19.2 Å². The molecule has 2 saturated carbocycles. The fraction of sp³-hybridized carbons (Fsp3) is 0.500. The zero-order valence-corrected chi connectivity index (χ0v) is 20.7. The highest BCUT2D eigenvalue weighted by Crippen LogP contribution is 2.69. The first-order chi connectivity index (χ1) is 15.9. The molecule has 4 atom stereocenters. The first-order valence-corrected chi connectivity index (χ1v) is 12.1. The molecule has 0 radical (unpaired) electrons. The van der Waals surface area contributed by atoms with Gasteiger partial charge in [-0.1, -0.05) is 27.7 Å². The smallest absolute Gasteiger partial charge is 0.255 e. The van der Waals surface area contributed by atoms with Gasteiger partial charge in [0.05, 0.1) is 0 Å². The van der Waals surface area contributed by atoms with Crippen LogP contribution in [0.4, 0.5) is 0 Å². The maximum Gasteiger partial charge on any atom is 0.255 e. The molecule has 6 nitrogen and oxygen atoms in total. The van der Waals surface area contributed by atoms with Crippen LogP contribution in [0.15, 0.2) is 46.8 Å². The molecular formula is C28H32N2O4. The summed E-state index contributed by atoms with van der Waals surface area (Å²) in [4.78, 5) is 50.1. The number of carbonyl (C=O) groups excluding carboxylic acids is 4. The van der Waals surface area contributed by atoms with Crippen LogP contribution in [0.25, 0.3) is 0 Å². The van der Waals surface area contributed by atoms with Gasteiger partial charge in [0.25, 0.3) is 11.8 Å². The largest absolute Gasteiger partial charge is 0.325 e. The molecule has 0 aliphatic heterocycles. The van der Waals surface area contributed by atoms with Crippen LogP contribution in [0.3, 0.4) is 0 Å². The lowest BCUT2D eigenvalue weighted by atomic mass is 9.96. The number of amides is 2. The Bertz CT molecular complexity index is 1120. The summed E-state index contributed by atoms with van der Waals surface area (Å²) in [6.45, 7) is 11.8. The van der Waals surface area contributed by atoms with E-state index >= 15 is 0 Å². The number of Topliss-reactive ketones (excluding diaryl/α,β-unsaturated/α-hetero) is 2. The number of hydrogen-bond donors (Lipinski definition) is 2. The molecular weight excluding hydrogens is 428 g/mol. The molecule has 178 valence electrons. The maximum atomic E-state index is 12.8. The molecule has 4 aliphatic carbocycles. The first-order valence-electron chi connectivity index (χ1n) is 12.1. The molecule has 2 N–H and O–H groups in total. The summed E-state index contributed by atoms with van der Waals surface area (Å²) in [5, 5.41) is 5.89. The number of nitrogens with one attached hydrogen (secondary N) is 2. The van der Waals surface area contributed by atoms with E-state index < -0.39 is 0 Å². The van der Waals surface area contributed by atoms with E-state index in [1.54, 1.807) is 38.1 Å². The molecule has 5 rings (SSSR count). The minimum Gasteiger partial charge on any atom is -0.325 e. The Hall–Kier alpha value is -3.02. The summed E-state index contributed by atoms with van der Waals surface area (Å²) in [5.74, 6) is 0.767. The van der Waals surface area contributed by atoms with Gasteiger partial charge in [-0.15, -0.1) is 0 Å². The normalized spacial score (nSPS) is 29.4. The summed E-state index contributed by atoms with van der Waals surface area (Å²) in [6, 6.07) is 6.47. The standard InChI is InChI=1S/C28H32N2O4/c1-13(31)21-19(11-17-23(21)27(17,3)4)29-25(33)15-7-9-16(10-8-15)26(34)30-20-12-18-24(28(18,5)6)22(20)14(2)32/h7-10,17-18,23-24H,11-12H2,1-6H3,(H,29,33)(H,30,34)/t17-,18+,23-,24+. The number of ketones is 2. The molecule has 34 heavy (non-hydrogen) atoms. The van der Waals surface area contributed by atoms with E-state index in [1.165, 1.54) is 0 Å². The molecule has 0 aromatic heterocycles. The second-order valence-corrected chi connectivity index (χ2v) is 11.6. The minimum atomic E-state index is -0.278. The lowest BCUT2D eigenvalue weighted by molar-refractivity contribution is -0.114. The maximum absolute atomic E-state index is 12.8. The van der Waals surface area contributed by atoms with E-state index in [4.69, 9.17) is 0 Å². The number of allylic oxidation sites excluding steroid dienone is 4. The molecule has 0 unspecified atom stereocenters. The van der Waals surface area contributed by atoms with Crippen LogP contribution in [0, 0.1) is 34.5 Å². The van der Waals surface area contributed by atoms with Gasteiger partial charge in [-0.2, -0.15) is 0 Å². The van der Waals surface area contributed by atoms with Crippen LogP contribution in [0.1, 0.15) is 75.1 Å². The Morgan fingerprint density at radius 1 is 0.676 bits per heavy atom. The average Bonchev–Trinajstić information content (AvgIpc) is 3.26. The SMILES string of the molecule is CC(=O)C1=C(NC(=O)c2ccc(C(=O)NC3=C(C(C)=O)[C@H]4[C@@H](C3)C4(C)C)cc2)C[C@H]2[C@@H]1C2(C)C. The van der Waals surface area contributed by atoms with E-state index in [1.807, 2.05) is 0 Å². The summed E-state index contributed by atoms with van der Waals surface area (Å²) in [5.41, 5.74) is 4.09. The molecule has 0 heterocycles. The minimum absolute atomic E-state index is 0.0209. The molecule has 1 aromatic carbocycles. The summed E-state index contributed by atoms with van der Waals surface area (Å²) >= 11 is 0. The molecule has 4 aliphatic rings. The topological polar surface area (TPSA) is 92.3 Å². The molecule has 2 fully saturated rings. The van der Waals surface area contributed by atoms with Crippen LogP contribution >= 0.6 is 0 Å². The van der Waals surface area contributed by atoms with Gasteiger partial charge in [0.15, 0.2) is 11.6 Å². The number of hydrogen-bond acceptors (Lipinski definition) is 4. The van der Waals surface area contributed by atoms with Crippen LogP contribution in [-0.2, 0) is 9.59 Å². The Balaban J connectivity index is 1.27. The summed E-state index contributed by atoms with van der Waals surface area (Å²) < 4.78 is 0. The van der Waals surface area contributed by atoms with Crippen LogP contribution in [0.5, 0.6) is 0 Å².